The van der Waals surface area contributed by atoms with E-state index >= 15 is 0 Å². The first-order valence-electron chi connectivity index (χ1n) is 12.9. The number of carbonyl (C=O) groups excluding carboxylic acids is 5. The molecule has 0 aliphatic heterocycles. The highest BCUT2D eigenvalue weighted by atomic mass is 35.5. The van der Waals surface area contributed by atoms with Crippen molar-refractivity contribution in [3.05, 3.63) is 69.7 Å². The van der Waals surface area contributed by atoms with Crippen LogP contribution in [0, 0.1) is 5.92 Å². The van der Waals surface area contributed by atoms with Crippen LogP contribution >= 0.6 is 23.2 Å². The molecule has 0 radical (unpaired) electrons. The maximum atomic E-state index is 12.9. The van der Waals surface area contributed by atoms with Gasteiger partial charge in [0.25, 0.3) is 0 Å². The summed E-state index contributed by atoms with van der Waals surface area (Å²) in [5, 5.41) is 16.2. The van der Waals surface area contributed by atoms with Crippen LogP contribution in [0.3, 0.4) is 0 Å². The number of halogens is 2. The Morgan fingerprint density at radius 1 is 0.791 bits per heavy atom. The Bertz CT molecular complexity index is 1300. The molecule has 0 bridgehead atoms. The lowest BCUT2D eigenvalue weighted by atomic mass is 10.0. The average molecular weight is 640 g/mol. The molecular formula is C28H31Cl2N3O10. The molecule has 0 saturated carbocycles. The number of hydrogen-bond acceptors (Lipinski definition) is 9. The molecule has 0 aromatic heterocycles. The number of amides is 3. The van der Waals surface area contributed by atoms with Gasteiger partial charge in [0.1, 0.15) is 24.7 Å². The number of aliphatic carboxylic acids is 1. The third-order valence-corrected chi connectivity index (χ3v) is 6.36. The van der Waals surface area contributed by atoms with Crippen molar-refractivity contribution in [2.45, 2.75) is 51.9 Å². The van der Waals surface area contributed by atoms with Gasteiger partial charge < -0.3 is 35.3 Å². The summed E-state index contributed by atoms with van der Waals surface area (Å²) in [6.45, 7) is 3.66. The first-order valence-corrected chi connectivity index (χ1v) is 13.6. The van der Waals surface area contributed by atoms with Crippen LogP contribution in [-0.2, 0) is 40.0 Å². The summed E-state index contributed by atoms with van der Waals surface area (Å²) in [4.78, 5) is 73.9. The predicted octanol–water partition coefficient (Wildman–Crippen LogP) is 3.07. The van der Waals surface area contributed by atoms with Crippen molar-refractivity contribution in [3.63, 3.8) is 0 Å². The lowest BCUT2D eigenvalue weighted by Gasteiger charge is -2.24. The standard InChI is InChI=1S/C28H31Cl2N3O10/c1-15(2)23(33-28(40)41-13-17-8-5-4-6-9-17)25(37)31-16(3)24(36)32-20(12-21(34)35)26(38)42-14-43-27(39)22-18(29)10-7-11-19(22)30/h4-11,15-16,20,23H,12-14H2,1-3H3,(H,31,37)(H,32,36)(H,33,40)(H,34,35)/t16-,20-,23-/m0/s1. The van der Waals surface area contributed by atoms with E-state index in [0.29, 0.717) is 0 Å². The molecule has 4 N–H and O–H groups in total. The first kappa shape index (κ1) is 34.8. The van der Waals surface area contributed by atoms with Crippen LogP contribution in [0.15, 0.2) is 48.5 Å². The van der Waals surface area contributed by atoms with E-state index in [1.165, 1.54) is 25.1 Å². The zero-order chi connectivity index (χ0) is 32.1. The number of carbonyl (C=O) groups is 6. The van der Waals surface area contributed by atoms with Crippen LogP contribution in [0.1, 0.15) is 43.1 Å². The number of rotatable bonds is 14. The van der Waals surface area contributed by atoms with Crippen molar-refractivity contribution >= 4 is 59.0 Å². The van der Waals surface area contributed by atoms with Crippen LogP contribution in [0.5, 0.6) is 0 Å². The monoisotopic (exact) mass is 639 g/mol. The van der Waals surface area contributed by atoms with Crippen molar-refractivity contribution in [2.24, 2.45) is 5.92 Å². The van der Waals surface area contributed by atoms with E-state index in [2.05, 4.69) is 16.0 Å². The van der Waals surface area contributed by atoms with Gasteiger partial charge in [-0.3, -0.25) is 14.4 Å². The van der Waals surface area contributed by atoms with Gasteiger partial charge >= 0.3 is 24.0 Å². The topological polar surface area (TPSA) is 186 Å². The normalized spacial score (nSPS) is 12.7. The van der Waals surface area contributed by atoms with Crippen molar-refractivity contribution < 1.29 is 48.1 Å². The molecule has 0 aliphatic carbocycles. The Kier molecular flexibility index (Phi) is 13.7. The van der Waals surface area contributed by atoms with E-state index in [-0.39, 0.29) is 22.2 Å². The molecule has 15 heteroatoms. The molecule has 232 valence electrons. The van der Waals surface area contributed by atoms with Crippen molar-refractivity contribution in [2.75, 3.05) is 6.79 Å². The minimum atomic E-state index is -1.70. The third kappa shape index (κ3) is 11.4. The van der Waals surface area contributed by atoms with Gasteiger partial charge in [0, 0.05) is 0 Å². The van der Waals surface area contributed by atoms with Gasteiger partial charge in [-0.15, -0.1) is 0 Å². The fourth-order valence-corrected chi connectivity index (χ4v) is 4.02. The molecule has 3 amide bonds. The Morgan fingerprint density at radius 2 is 1.42 bits per heavy atom. The predicted molar refractivity (Wildman–Crippen MR) is 153 cm³/mol. The molecule has 13 nitrogen and oxygen atoms in total. The highest BCUT2D eigenvalue weighted by Crippen LogP contribution is 2.25. The summed E-state index contributed by atoms with van der Waals surface area (Å²) >= 11 is 11.9. The molecule has 2 aromatic carbocycles. The Balaban J connectivity index is 1.93. The smallest absolute Gasteiger partial charge is 0.408 e. The highest BCUT2D eigenvalue weighted by Gasteiger charge is 2.31. The summed E-state index contributed by atoms with van der Waals surface area (Å²) in [6.07, 6.45) is -1.73. The number of ether oxygens (including phenoxy) is 3. The number of alkyl carbamates (subject to hydrolysis) is 1. The van der Waals surface area contributed by atoms with Gasteiger partial charge in [0.15, 0.2) is 0 Å². The van der Waals surface area contributed by atoms with Gasteiger partial charge in [-0.05, 0) is 30.5 Å². The molecule has 0 heterocycles. The van der Waals surface area contributed by atoms with Gasteiger partial charge in [-0.1, -0.05) is 73.4 Å². The Labute approximate surface area is 257 Å². The van der Waals surface area contributed by atoms with Gasteiger partial charge in [0.05, 0.1) is 22.0 Å². The van der Waals surface area contributed by atoms with E-state index in [9.17, 15) is 33.9 Å². The summed E-state index contributed by atoms with van der Waals surface area (Å²) < 4.78 is 14.8. The fraction of sp³-hybridized carbons (Fsp3) is 0.357. The van der Waals surface area contributed by atoms with Crippen LogP contribution in [0.25, 0.3) is 0 Å². The molecule has 2 aromatic rings. The zero-order valence-corrected chi connectivity index (χ0v) is 24.9. The molecule has 0 saturated heterocycles. The summed E-state index contributed by atoms with van der Waals surface area (Å²) in [7, 11) is 0. The lowest BCUT2D eigenvalue weighted by molar-refractivity contribution is -0.158. The quantitative estimate of drug-likeness (QED) is 0.177. The molecule has 2 rings (SSSR count). The summed E-state index contributed by atoms with van der Waals surface area (Å²) in [6, 6.07) is 9.14. The van der Waals surface area contributed by atoms with Crippen molar-refractivity contribution in [3.8, 4) is 0 Å². The molecular weight excluding hydrogens is 609 g/mol. The summed E-state index contributed by atoms with van der Waals surface area (Å²) in [5.74, 6) is -5.73. The second kappa shape index (κ2) is 16.9. The van der Waals surface area contributed by atoms with E-state index < -0.39 is 73.1 Å². The minimum absolute atomic E-state index is 0.00476. The maximum absolute atomic E-state index is 12.9. The molecule has 0 fully saturated rings. The third-order valence-electron chi connectivity index (χ3n) is 5.73. The van der Waals surface area contributed by atoms with E-state index in [1.54, 1.807) is 38.1 Å². The first-order chi connectivity index (χ1) is 20.3. The minimum Gasteiger partial charge on any atom is -0.481 e. The van der Waals surface area contributed by atoms with Crippen molar-refractivity contribution in [1.82, 2.24) is 16.0 Å². The average Bonchev–Trinajstić information content (AvgIpc) is 2.94. The van der Waals surface area contributed by atoms with Gasteiger partial charge in [0.2, 0.25) is 18.6 Å². The largest absolute Gasteiger partial charge is 0.481 e. The van der Waals surface area contributed by atoms with E-state index in [4.69, 9.17) is 37.4 Å². The fourth-order valence-electron chi connectivity index (χ4n) is 3.47. The van der Waals surface area contributed by atoms with E-state index in [1.807, 2.05) is 6.07 Å². The number of hydrogen-bond donors (Lipinski definition) is 4. The molecule has 43 heavy (non-hydrogen) atoms. The van der Waals surface area contributed by atoms with Gasteiger partial charge in [-0.25, -0.2) is 14.4 Å². The highest BCUT2D eigenvalue weighted by molar-refractivity contribution is 6.39. The molecule has 0 spiro atoms. The molecule has 0 aliphatic rings. The number of carboxylic acids is 1. The number of esters is 2. The van der Waals surface area contributed by atoms with E-state index in [0.717, 1.165) is 5.56 Å². The Morgan fingerprint density at radius 3 is 2.00 bits per heavy atom. The summed E-state index contributed by atoms with van der Waals surface area (Å²) in [5.41, 5.74) is 0.576. The Hall–Kier alpha value is -4.36. The number of benzene rings is 2. The van der Waals surface area contributed by atoms with Gasteiger partial charge in [-0.2, -0.15) is 0 Å². The van der Waals surface area contributed by atoms with Crippen LogP contribution in [-0.4, -0.2) is 65.8 Å². The van der Waals surface area contributed by atoms with Crippen LogP contribution in [0.2, 0.25) is 10.0 Å². The second-order valence-electron chi connectivity index (χ2n) is 9.43. The molecule has 0 unspecified atom stereocenters. The van der Waals surface area contributed by atoms with Crippen molar-refractivity contribution in [1.29, 1.82) is 0 Å². The SMILES string of the molecule is CC(C)[C@H](NC(=O)OCc1ccccc1)C(=O)N[C@@H](C)C(=O)N[C@@H](CC(=O)O)C(=O)OCOC(=O)c1c(Cl)cccc1Cl. The molecule has 3 atom stereocenters. The van der Waals surface area contributed by atoms with Crippen LogP contribution < -0.4 is 16.0 Å². The lowest BCUT2D eigenvalue weighted by Crippen LogP contribution is -2.56. The number of carboxylic acid groups (broad SMARTS) is 1. The maximum Gasteiger partial charge on any atom is 0.408 e. The number of nitrogens with one attached hydrogen (secondary N) is 3. The zero-order valence-electron chi connectivity index (χ0n) is 23.4. The van der Waals surface area contributed by atoms with Crippen LogP contribution in [0.4, 0.5) is 4.79 Å². The second-order valence-corrected chi connectivity index (χ2v) is 10.2.